The number of carbonyl (C=O) groups is 1. The smallest absolute Gasteiger partial charge is 0.220 e. The fourth-order valence-electron chi connectivity index (χ4n) is 2.71. The van der Waals surface area contributed by atoms with Crippen molar-refractivity contribution in [2.24, 2.45) is 0 Å². The molecule has 4 heteroatoms. The van der Waals surface area contributed by atoms with Crippen molar-refractivity contribution in [2.45, 2.75) is 12.8 Å². The van der Waals surface area contributed by atoms with Crippen LogP contribution < -0.4 is 10.1 Å². The average Bonchev–Trinajstić information content (AvgIpc) is 2.64. The van der Waals surface area contributed by atoms with E-state index in [4.69, 9.17) is 4.74 Å². The van der Waals surface area contributed by atoms with Gasteiger partial charge < -0.3 is 10.1 Å². The second kappa shape index (κ2) is 8.29. The third-order valence-corrected chi connectivity index (χ3v) is 3.96. The minimum absolute atomic E-state index is 0.0641. The van der Waals surface area contributed by atoms with Crippen molar-refractivity contribution in [3.63, 3.8) is 0 Å². The SMILES string of the molecule is O=C(CCc1cccc(F)c1)NCCOc1cccc2ccccc12. The Balaban J connectivity index is 1.42. The van der Waals surface area contributed by atoms with Gasteiger partial charge in [0.15, 0.2) is 0 Å². The summed E-state index contributed by atoms with van der Waals surface area (Å²) in [5, 5.41) is 5.01. The highest BCUT2D eigenvalue weighted by Crippen LogP contribution is 2.24. The number of nitrogens with one attached hydrogen (secondary N) is 1. The van der Waals surface area contributed by atoms with Crippen LogP contribution >= 0.6 is 0 Å². The van der Waals surface area contributed by atoms with Crippen LogP contribution in [0.25, 0.3) is 10.8 Å². The van der Waals surface area contributed by atoms with Crippen LogP contribution in [0, 0.1) is 5.82 Å². The molecule has 3 nitrogen and oxygen atoms in total. The standard InChI is InChI=1S/C21H20FNO2/c22-18-8-3-5-16(15-18)11-12-21(24)23-13-14-25-20-10-4-7-17-6-1-2-9-19(17)20/h1-10,15H,11-14H2,(H,23,24). The molecule has 0 atom stereocenters. The van der Waals surface area contributed by atoms with E-state index in [0.29, 0.717) is 26.0 Å². The minimum atomic E-state index is -0.276. The first-order valence-corrected chi connectivity index (χ1v) is 8.34. The largest absolute Gasteiger partial charge is 0.491 e. The van der Waals surface area contributed by atoms with Gasteiger partial charge in [-0.3, -0.25) is 4.79 Å². The first-order chi connectivity index (χ1) is 12.2. The molecule has 0 radical (unpaired) electrons. The number of halogens is 1. The zero-order valence-electron chi connectivity index (χ0n) is 13.9. The van der Waals surface area contributed by atoms with Gasteiger partial charge in [0.2, 0.25) is 5.91 Å². The number of hydrogen-bond donors (Lipinski definition) is 1. The summed E-state index contributed by atoms with van der Waals surface area (Å²) in [7, 11) is 0. The third-order valence-electron chi connectivity index (χ3n) is 3.96. The van der Waals surface area contributed by atoms with Crippen LogP contribution in [0.4, 0.5) is 4.39 Å². The number of hydrogen-bond acceptors (Lipinski definition) is 2. The Morgan fingerprint density at radius 1 is 1.00 bits per heavy atom. The van der Waals surface area contributed by atoms with Crippen molar-refractivity contribution in [1.82, 2.24) is 5.32 Å². The van der Waals surface area contributed by atoms with Crippen LogP contribution in [0.3, 0.4) is 0 Å². The normalized spacial score (nSPS) is 10.6. The van der Waals surface area contributed by atoms with E-state index in [1.807, 2.05) is 48.5 Å². The number of benzene rings is 3. The molecule has 1 amide bonds. The maximum Gasteiger partial charge on any atom is 0.220 e. The van der Waals surface area contributed by atoms with E-state index >= 15 is 0 Å². The van der Waals surface area contributed by atoms with E-state index in [2.05, 4.69) is 5.32 Å². The predicted molar refractivity (Wildman–Crippen MR) is 97.2 cm³/mol. The molecule has 0 unspecified atom stereocenters. The van der Waals surface area contributed by atoms with Gasteiger partial charge in [0.1, 0.15) is 18.2 Å². The molecular weight excluding hydrogens is 317 g/mol. The number of ether oxygens (including phenoxy) is 1. The molecule has 0 aliphatic rings. The quantitative estimate of drug-likeness (QED) is 0.659. The molecule has 3 rings (SSSR count). The number of carbonyl (C=O) groups excluding carboxylic acids is 1. The van der Waals surface area contributed by atoms with Crippen molar-refractivity contribution >= 4 is 16.7 Å². The van der Waals surface area contributed by atoms with E-state index < -0.39 is 0 Å². The highest BCUT2D eigenvalue weighted by atomic mass is 19.1. The number of aryl methyl sites for hydroxylation is 1. The Labute approximate surface area is 146 Å². The number of fused-ring (bicyclic) bond motifs is 1. The fraction of sp³-hybridized carbons (Fsp3) is 0.190. The maximum atomic E-state index is 13.1. The molecule has 0 bridgehead atoms. The third kappa shape index (κ3) is 4.80. The van der Waals surface area contributed by atoms with Gasteiger partial charge in [0.25, 0.3) is 0 Å². The van der Waals surface area contributed by atoms with Crippen molar-refractivity contribution in [2.75, 3.05) is 13.2 Å². The van der Waals surface area contributed by atoms with Gasteiger partial charge in [-0.2, -0.15) is 0 Å². The second-order valence-corrected chi connectivity index (χ2v) is 5.81. The second-order valence-electron chi connectivity index (χ2n) is 5.81. The number of amides is 1. The van der Waals surface area contributed by atoms with Crippen LogP contribution in [0.5, 0.6) is 5.75 Å². The van der Waals surface area contributed by atoms with Gasteiger partial charge >= 0.3 is 0 Å². The Kier molecular flexibility index (Phi) is 5.62. The molecule has 0 aliphatic carbocycles. The summed E-state index contributed by atoms with van der Waals surface area (Å²) in [4.78, 5) is 11.9. The van der Waals surface area contributed by atoms with Crippen molar-refractivity contribution in [3.05, 3.63) is 78.1 Å². The van der Waals surface area contributed by atoms with E-state index in [1.54, 1.807) is 6.07 Å². The molecule has 128 valence electrons. The molecule has 0 aromatic heterocycles. The Morgan fingerprint density at radius 2 is 1.80 bits per heavy atom. The van der Waals surface area contributed by atoms with Crippen LogP contribution in [0.2, 0.25) is 0 Å². The molecule has 0 saturated heterocycles. The molecule has 3 aromatic carbocycles. The zero-order chi connectivity index (χ0) is 17.5. The van der Waals surface area contributed by atoms with Crippen molar-refractivity contribution in [1.29, 1.82) is 0 Å². The molecule has 0 saturated carbocycles. The van der Waals surface area contributed by atoms with E-state index in [-0.39, 0.29) is 11.7 Å². The van der Waals surface area contributed by atoms with E-state index in [0.717, 1.165) is 22.1 Å². The summed E-state index contributed by atoms with van der Waals surface area (Å²) >= 11 is 0. The molecular formula is C21H20FNO2. The van der Waals surface area contributed by atoms with Gasteiger partial charge in [0, 0.05) is 11.8 Å². The fourth-order valence-corrected chi connectivity index (χ4v) is 2.71. The zero-order valence-corrected chi connectivity index (χ0v) is 13.9. The molecule has 0 aliphatic heterocycles. The first kappa shape index (κ1) is 17.0. The first-order valence-electron chi connectivity index (χ1n) is 8.34. The summed E-state index contributed by atoms with van der Waals surface area (Å²) in [5.41, 5.74) is 0.821. The average molecular weight is 337 g/mol. The summed E-state index contributed by atoms with van der Waals surface area (Å²) in [5.74, 6) is 0.472. The summed E-state index contributed by atoms with van der Waals surface area (Å²) < 4.78 is 18.9. The monoisotopic (exact) mass is 337 g/mol. The van der Waals surface area contributed by atoms with Crippen molar-refractivity contribution < 1.29 is 13.9 Å². The lowest BCUT2D eigenvalue weighted by molar-refractivity contribution is -0.121. The lowest BCUT2D eigenvalue weighted by Gasteiger charge is -2.10. The lowest BCUT2D eigenvalue weighted by atomic mass is 10.1. The molecule has 1 N–H and O–H groups in total. The van der Waals surface area contributed by atoms with Gasteiger partial charge in [0.05, 0.1) is 6.54 Å². The summed E-state index contributed by atoms with van der Waals surface area (Å²) in [6, 6.07) is 20.3. The number of rotatable bonds is 7. The Bertz CT molecular complexity index is 858. The topological polar surface area (TPSA) is 38.3 Å². The highest BCUT2D eigenvalue weighted by molar-refractivity contribution is 5.88. The van der Waals surface area contributed by atoms with E-state index in [9.17, 15) is 9.18 Å². The summed E-state index contributed by atoms with van der Waals surface area (Å²) in [6.07, 6.45) is 0.853. The molecule has 25 heavy (non-hydrogen) atoms. The van der Waals surface area contributed by atoms with Crippen LogP contribution in [-0.2, 0) is 11.2 Å². The minimum Gasteiger partial charge on any atom is -0.491 e. The van der Waals surface area contributed by atoms with Crippen LogP contribution in [-0.4, -0.2) is 19.1 Å². The van der Waals surface area contributed by atoms with Gasteiger partial charge in [-0.15, -0.1) is 0 Å². The molecule has 0 heterocycles. The molecule has 0 fully saturated rings. The van der Waals surface area contributed by atoms with E-state index in [1.165, 1.54) is 12.1 Å². The molecule has 0 spiro atoms. The summed E-state index contributed by atoms with van der Waals surface area (Å²) in [6.45, 7) is 0.838. The van der Waals surface area contributed by atoms with Crippen LogP contribution in [0.15, 0.2) is 66.7 Å². The van der Waals surface area contributed by atoms with Gasteiger partial charge in [-0.05, 0) is 35.6 Å². The van der Waals surface area contributed by atoms with Crippen LogP contribution in [0.1, 0.15) is 12.0 Å². The maximum absolute atomic E-state index is 13.1. The van der Waals surface area contributed by atoms with Gasteiger partial charge in [-0.25, -0.2) is 4.39 Å². The molecule has 3 aromatic rings. The highest BCUT2D eigenvalue weighted by Gasteiger charge is 2.04. The Morgan fingerprint density at radius 3 is 2.68 bits per heavy atom. The van der Waals surface area contributed by atoms with Gasteiger partial charge in [-0.1, -0.05) is 48.5 Å². The predicted octanol–water partition coefficient (Wildman–Crippen LogP) is 4.11. The van der Waals surface area contributed by atoms with Crippen molar-refractivity contribution in [3.8, 4) is 5.75 Å². The Hall–Kier alpha value is -2.88. The lowest BCUT2D eigenvalue weighted by Crippen LogP contribution is -2.28.